The topological polar surface area (TPSA) is 64.4 Å². The fraction of sp³-hybridized carbons (Fsp3) is 0.667. The molecule has 1 aromatic heterocycles. The molecular formula is C15H24N2O2S. The number of hydrogen-bond donors (Lipinski definition) is 2. The van der Waals surface area contributed by atoms with E-state index in [1.54, 1.807) is 11.3 Å². The highest BCUT2D eigenvalue weighted by Crippen LogP contribution is 2.26. The average molecular weight is 296 g/mol. The molecule has 1 unspecified atom stereocenters. The maximum Gasteiger partial charge on any atom is 0.237 e. The van der Waals surface area contributed by atoms with Gasteiger partial charge in [0.2, 0.25) is 5.91 Å². The van der Waals surface area contributed by atoms with E-state index >= 15 is 0 Å². The van der Waals surface area contributed by atoms with Crippen LogP contribution in [0, 0.1) is 5.92 Å². The smallest absolute Gasteiger partial charge is 0.237 e. The summed E-state index contributed by atoms with van der Waals surface area (Å²) in [5.41, 5.74) is 6.02. The van der Waals surface area contributed by atoms with Crippen molar-refractivity contribution < 1.29 is 9.53 Å². The molecule has 1 saturated heterocycles. The van der Waals surface area contributed by atoms with E-state index in [1.807, 2.05) is 6.07 Å². The number of thiophene rings is 1. The van der Waals surface area contributed by atoms with Crippen molar-refractivity contribution in [3.63, 3.8) is 0 Å². The van der Waals surface area contributed by atoms with Crippen molar-refractivity contribution in [1.82, 2.24) is 5.32 Å². The number of carbonyl (C=O) groups is 1. The molecule has 1 fully saturated rings. The molecule has 1 amide bonds. The molecule has 1 atom stereocenters. The van der Waals surface area contributed by atoms with Gasteiger partial charge in [0.1, 0.15) is 0 Å². The number of rotatable bonds is 5. The van der Waals surface area contributed by atoms with Gasteiger partial charge < -0.3 is 15.8 Å². The lowest BCUT2D eigenvalue weighted by atomic mass is 9.89. The molecular weight excluding hydrogens is 272 g/mol. The molecule has 112 valence electrons. The van der Waals surface area contributed by atoms with Crippen molar-refractivity contribution in [2.45, 2.75) is 38.1 Å². The first kappa shape index (κ1) is 15.5. The van der Waals surface area contributed by atoms with Crippen LogP contribution in [0.4, 0.5) is 0 Å². The third kappa shape index (κ3) is 3.81. The fourth-order valence-electron chi connectivity index (χ4n) is 2.47. The van der Waals surface area contributed by atoms with E-state index in [9.17, 15) is 4.79 Å². The summed E-state index contributed by atoms with van der Waals surface area (Å²) in [6, 6.07) is 3.73. The second-order valence-electron chi connectivity index (χ2n) is 6.05. The van der Waals surface area contributed by atoms with Gasteiger partial charge >= 0.3 is 0 Å². The van der Waals surface area contributed by atoms with Crippen LogP contribution in [-0.4, -0.2) is 31.7 Å². The van der Waals surface area contributed by atoms with E-state index in [0.717, 1.165) is 12.8 Å². The van der Waals surface area contributed by atoms with Crippen LogP contribution in [0.2, 0.25) is 0 Å². The van der Waals surface area contributed by atoms with Crippen LogP contribution in [0.1, 0.15) is 31.6 Å². The van der Waals surface area contributed by atoms with Gasteiger partial charge in [-0.15, -0.1) is 11.3 Å². The lowest BCUT2D eigenvalue weighted by molar-refractivity contribution is -0.124. The molecule has 0 bridgehead atoms. The Balaban J connectivity index is 1.85. The minimum Gasteiger partial charge on any atom is -0.381 e. The Bertz CT molecular complexity index is 425. The van der Waals surface area contributed by atoms with E-state index < -0.39 is 6.04 Å². The van der Waals surface area contributed by atoms with E-state index in [-0.39, 0.29) is 17.2 Å². The molecule has 0 aromatic carbocycles. The number of nitrogens with one attached hydrogen (secondary N) is 1. The summed E-state index contributed by atoms with van der Waals surface area (Å²) in [7, 11) is 0. The van der Waals surface area contributed by atoms with Gasteiger partial charge in [-0.1, -0.05) is 19.9 Å². The molecule has 5 heteroatoms. The zero-order valence-electron chi connectivity index (χ0n) is 12.2. The number of ether oxygens (including phenoxy) is 1. The number of hydrogen-bond acceptors (Lipinski definition) is 4. The second-order valence-corrected chi connectivity index (χ2v) is 7.00. The summed E-state index contributed by atoms with van der Waals surface area (Å²) < 4.78 is 5.31. The maximum atomic E-state index is 12.2. The Morgan fingerprint density at radius 1 is 1.55 bits per heavy atom. The van der Waals surface area contributed by atoms with Crippen molar-refractivity contribution in [3.8, 4) is 0 Å². The lowest BCUT2D eigenvalue weighted by Gasteiger charge is -2.29. The highest BCUT2D eigenvalue weighted by atomic mass is 32.1. The number of carbonyl (C=O) groups excluding carboxylic acids is 1. The first-order valence-corrected chi connectivity index (χ1v) is 8.04. The highest BCUT2D eigenvalue weighted by Gasteiger charge is 2.28. The third-order valence-electron chi connectivity index (χ3n) is 3.97. The largest absolute Gasteiger partial charge is 0.381 e. The van der Waals surface area contributed by atoms with Crippen molar-refractivity contribution >= 4 is 17.2 Å². The molecule has 0 radical (unpaired) electrons. The van der Waals surface area contributed by atoms with E-state index in [1.165, 1.54) is 4.88 Å². The predicted octanol–water partition coefficient (Wildman–Crippen LogP) is 1.90. The fourth-order valence-corrected chi connectivity index (χ4v) is 3.32. The van der Waals surface area contributed by atoms with Gasteiger partial charge in [0.25, 0.3) is 0 Å². The van der Waals surface area contributed by atoms with Crippen LogP contribution in [-0.2, 0) is 14.9 Å². The first-order chi connectivity index (χ1) is 9.50. The Labute approximate surface area is 124 Å². The van der Waals surface area contributed by atoms with Gasteiger partial charge in [0.05, 0.1) is 6.04 Å². The molecule has 0 spiro atoms. The third-order valence-corrected chi connectivity index (χ3v) is 5.21. The Morgan fingerprint density at radius 2 is 2.25 bits per heavy atom. The summed E-state index contributed by atoms with van der Waals surface area (Å²) in [5.74, 6) is 0.204. The summed E-state index contributed by atoms with van der Waals surface area (Å²) in [5, 5.41) is 5.07. The maximum absolute atomic E-state index is 12.2. The molecule has 1 aromatic rings. The van der Waals surface area contributed by atoms with Gasteiger partial charge in [-0.2, -0.15) is 0 Å². The summed E-state index contributed by atoms with van der Waals surface area (Å²) in [6.45, 7) is 6.32. The highest BCUT2D eigenvalue weighted by molar-refractivity contribution is 7.10. The predicted molar refractivity (Wildman–Crippen MR) is 81.9 cm³/mol. The van der Waals surface area contributed by atoms with E-state index in [2.05, 4.69) is 30.6 Å². The standard InChI is InChI=1S/C15H24N2O2S/c1-15(2,12-4-3-9-20-12)10-17-14(18)13(16)11-5-7-19-8-6-11/h3-4,9,11,13H,5-8,10,16H2,1-2H3,(H,17,18). The van der Waals surface area contributed by atoms with Crippen LogP contribution in [0.3, 0.4) is 0 Å². The SMILES string of the molecule is CC(C)(CNC(=O)C(N)C1CCOCC1)c1cccs1. The molecule has 1 aliphatic rings. The monoisotopic (exact) mass is 296 g/mol. The Kier molecular flexibility index (Phi) is 5.18. The molecule has 20 heavy (non-hydrogen) atoms. The normalized spacial score (nSPS) is 18.8. The van der Waals surface area contributed by atoms with E-state index in [0.29, 0.717) is 19.8 Å². The van der Waals surface area contributed by atoms with Gasteiger partial charge in [-0.05, 0) is 30.2 Å². The van der Waals surface area contributed by atoms with Crippen molar-refractivity contribution in [2.24, 2.45) is 11.7 Å². The van der Waals surface area contributed by atoms with Crippen LogP contribution < -0.4 is 11.1 Å². The molecule has 1 aliphatic heterocycles. The molecule has 0 aliphatic carbocycles. The first-order valence-electron chi connectivity index (χ1n) is 7.16. The lowest BCUT2D eigenvalue weighted by Crippen LogP contribution is -2.49. The number of amides is 1. The van der Waals surface area contributed by atoms with Gasteiger partial charge in [0, 0.05) is 30.1 Å². The Morgan fingerprint density at radius 3 is 2.85 bits per heavy atom. The molecule has 3 N–H and O–H groups in total. The zero-order valence-corrected chi connectivity index (χ0v) is 13.0. The van der Waals surface area contributed by atoms with Crippen LogP contribution >= 0.6 is 11.3 Å². The summed E-state index contributed by atoms with van der Waals surface area (Å²) >= 11 is 1.72. The van der Waals surface area contributed by atoms with Crippen molar-refractivity contribution in [2.75, 3.05) is 19.8 Å². The summed E-state index contributed by atoms with van der Waals surface area (Å²) in [6.07, 6.45) is 1.76. The number of nitrogens with two attached hydrogens (primary N) is 1. The van der Waals surface area contributed by atoms with Gasteiger partial charge in [-0.3, -0.25) is 4.79 Å². The molecule has 2 rings (SSSR count). The minimum atomic E-state index is -0.418. The van der Waals surface area contributed by atoms with Crippen LogP contribution in [0.15, 0.2) is 17.5 Å². The molecule has 0 saturated carbocycles. The van der Waals surface area contributed by atoms with E-state index in [4.69, 9.17) is 10.5 Å². The molecule has 4 nitrogen and oxygen atoms in total. The quantitative estimate of drug-likeness (QED) is 0.872. The van der Waals surface area contributed by atoms with Gasteiger partial charge in [-0.25, -0.2) is 0 Å². The minimum absolute atomic E-state index is 0.0402. The summed E-state index contributed by atoms with van der Waals surface area (Å²) in [4.78, 5) is 13.5. The van der Waals surface area contributed by atoms with Gasteiger partial charge in [0.15, 0.2) is 0 Å². The van der Waals surface area contributed by atoms with Crippen LogP contribution in [0.25, 0.3) is 0 Å². The van der Waals surface area contributed by atoms with Crippen LogP contribution in [0.5, 0.6) is 0 Å². The second kappa shape index (κ2) is 6.70. The van der Waals surface area contributed by atoms with Crippen molar-refractivity contribution in [3.05, 3.63) is 22.4 Å². The molecule has 2 heterocycles. The average Bonchev–Trinajstić information content (AvgIpc) is 3.00. The zero-order chi connectivity index (χ0) is 14.6. The van der Waals surface area contributed by atoms with Crippen molar-refractivity contribution in [1.29, 1.82) is 0 Å². The Hall–Kier alpha value is -0.910.